The van der Waals surface area contributed by atoms with Crippen molar-refractivity contribution in [2.75, 3.05) is 13.4 Å². The molecule has 0 spiro atoms. The van der Waals surface area contributed by atoms with Gasteiger partial charge in [-0.2, -0.15) is 0 Å². The van der Waals surface area contributed by atoms with Crippen molar-refractivity contribution in [2.24, 2.45) is 0 Å². The average molecular weight is 338 g/mol. The van der Waals surface area contributed by atoms with Gasteiger partial charge in [0.15, 0.2) is 23.9 Å². The number of benzene rings is 2. The predicted octanol–water partition coefficient (Wildman–Crippen LogP) is 3.42. The van der Waals surface area contributed by atoms with Crippen LogP contribution in [0.25, 0.3) is 6.08 Å². The largest absolute Gasteiger partial charge is 0.454 e. The first-order chi connectivity index (χ1) is 12.2. The lowest BCUT2D eigenvalue weighted by Gasteiger charge is -2.03. The first kappa shape index (κ1) is 16.8. The average Bonchev–Trinajstić information content (AvgIpc) is 3.12. The van der Waals surface area contributed by atoms with Crippen molar-refractivity contribution >= 4 is 17.8 Å². The molecule has 0 aliphatic carbocycles. The third kappa shape index (κ3) is 4.26. The zero-order chi connectivity index (χ0) is 17.6. The topological polar surface area (TPSA) is 61.8 Å². The van der Waals surface area contributed by atoms with Gasteiger partial charge in [0.1, 0.15) is 0 Å². The van der Waals surface area contributed by atoms with Crippen LogP contribution in [0.15, 0.2) is 48.5 Å². The summed E-state index contributed by atoms with van der Waals surface area (Å²) in [5.74, 6) is 0.518. The van der Waals surface area contributed by atoms with E-state index in [1.807, 2.05) is 19.1 Å². The lowest BCUT2D eigenvalue weighted by Crippen LogP contribution is -2.12. The molecule has 2 aromatic rings. The Morgan fingerprint density at radius 1 is 1.08 bits per heavy atom. The Balaban J connectivity index is 1.52. The van der Waals surface area contributed by atoms with Crippen molar-refractivity contribution in [3.05, 3.63) is 65.2 Å². The summed E-state index contributed by atoms with van der Waals surface area (Å²) in [7, 11) is 0. The Morgan fingerprint density at radius 2 is 1.84 bits per heavy atom. The van der Waals surface area contributed by atoms with E-state index in [4.69, 9.17) is 14.2 Å². The molecular formula is C20H18O5. The SMILES string of the molecule is CCc1ccc(C(=O)COC(=O)/C=C/c2ccc3c(c2)OCO3)cc1. The Labute approximate surface area is 145 Å². The van der Waals surface area contributed by atoms with E-state index < -0.39 is 5.97 Å². The van der Waals surface area contributed by atoms with Gasteiger partial charge >= 0.3 is 5.97 Å². The van der Waals surface area contributed by atoms with Gasteiger partial charge in [0.25, 0.3) is 0 Å². The summed E-state index contributed by atoms with van der Waals surface area (Å²) in [6.45, 7) is 1.97. The number of esters is 1. The van der Waals surface area contributed by atoms with Gasteiger partial charge in [-0.15, -0.1) is 0 Å². The Kier molecular flexibility index (Phi) is 5.14. The first-order valence-electron chi connectivity index (χ1n) is 8.02. The van der Waals surface area contributed by atoms with Crippen LogP contribution < -0.4 is 9.47 Å². The summed E-state index contributed by atoms with van der Waals surface area (Å²) in [5.41, 5.74) is 2.47. The number of hydrogen-bond donors (Lipinski definition) is 0. The molecule has 1 aliphatic heterocycles. The molecule has 0 saturated heterocycles. The van der Waals surface area contributed by atoms with Crippen LogP contribution >= 0.6 is 0 Å². The van der Waals surface area contributed by atoms with E-state index >= 15 is 0 Å². The predicted molar refractivity (Wildman–Crippen MR) is 92.7 cm³/mol. The van der Waals surface area contributed by atoms with Crippen molar-refractivity contribution in [3.8, 4) is 11.5 Å². The van der Waals surface area contributed by atoms with Crippen LogP contribution in [0.5, 0.6) is 11.5 Å². The number of carbonyl (C=O) groups is 2. The molecule has 1 aliphatic rings. The van der Waals surface area contributed by atoms with Gasteiger partial charge in [0.2, 0.25) is 6.79 Å². The molecule has 2 aromatic carbocycles. The van der Waals surface area contributed by atoms with Crippen LogP contribution in [-0.2, 0) is 16.0 Å². The molecule has 0 saturated carbocycles. The Bertz CT molecular complexity index is 805. The highest BCUT2D eigenvalue weighted by molar-refractivity contribution is 5.98. The van der Waals surface area contributed by atoms with Gasteiger partial charge in [-0.3, -0.25) is 4.79 Å². The maximum absolute atomic E-state index is 12.0. The van der Waals surface area contributed by atoms with Crippen LogP contribution in [0.4, 0.5) is 0 Å². The second-order valence-electron chi connectivity index (χ2n) is 5.53. The van der Waals surface area contributed by atoms with Crippen molar-refractivity contribution in [3.63, 3.8) is 0 Å². The number of aryl methyl sites for hydroxylation is 1. The van der Waals surface area contributed by atoms with Gasteiger partial charge < -0.3 is 14.2 Å². The van der Waals surface area contributed by atoms with E-state index in [1.54, 1.807) is 36.4 Å². The van der Waals surface area contributed by atoms with E-state index in [-0.39, 0.29) is 19.2 Å². The Hall–Kier alpha value is -3.08. The lowest BCUT2D eigenvalue weighted by atomic mass is 10.1. The molecule has 0 amide bonds. The second-order valence-corrected chi connectivity index (χ2v) is 5.53. The normalized spacial score (nSPS) is 12.4. The third-order valence-corrected chi connectivity index (χ3v) is 3.84. The quantitative estimate of drug-likeness (QED) is 0.459. The van der Waals surface area contributed by atoms with E-state index in [0.29, 0.717) is 17.1 Å². The minimum atomic E-state index is -0.573. The summed E-state index contributed by atoms with van der Waals surface area (Å²) in [4.78, 5) is 23.8. The van der Waals surface area contributed by atoms with Crippen LogP contribution in [0.2, 0.25) is 0 Å². The van der Waals surface area contributed by atoms with E-state index in [9.17, 15) is 9.59 Å². The molecule has 5 nitrogen and oxygen atoms in total. The minimum Gasteiger partial charge on any atom is -0.454 e. The fourth-order valence-corrected chi connectivity index (χ4v) is 2.38. The molecule has 0 fully saturated rings. The molecule has 0 radical (unpaired) electrons. The summed E-state index contributed by atoms with van der Waals surface area (Å²) in [5, 5.41) is 0. The minimum absolute atomic E-state index is 0.200. The lowest BCUT2D eigenvalue weighted by molar-refractivity contribution is -0.136. The number of Topliss-reactive ketones (excluding diaryl/α,β-unsaturated/α-hetero) is 1. The van der Waals surface area contributed by atoms with Crippen molar-refractivity contribution in [1.29, 1.82) is 0 Å². The maximum Gasteiger partial charge on any atom is 0.331 e. The molecule has 3 rings (SSSR count). The molecule has 0 atom stereocenters. The number of rotatable bonds is 6. The molecule has 1 heterocycles. The molecule has 5 heteroatoms. The fourth-order valence-electron chi connectivity index (χ4n) is 2.38. The number of hydrogen-bond acceptors (Lipinski definition) is 5. The van der Waals surface area contributed by atoms with E-state index in [2.05, 4.69) is 0 Å². The Morgan fingerprint density at radius 3 is 2.60 bits per heavy atom. The summed E-state index contributed by atoms with van der Waals surface area (Å²) in [6, 6.07) is 12.6. The van der Waals surface area contributed by atoms with Crippen molar-refractivity contribution in [1.82, 2.24) is 0 Å². The van der Waals surface area contributed by atoms with Crippen LogP contribution in [0, 0.1) is 0 Å². The van der Waals surface area contributed by atoms with Crippen LogP contribution in [-0.4, -0.2) is 25.2 Å². The number of ether oxygens (including phenoxy) is 3. The van der Waals surface area contributed by atoms with Gasteiger partial charge in [-0.1, -0.05) is 37.3 Å². The zero-order valence-electron chi connectivity index (χ0n) is 13.9. The highest BCUT2D eigenvalue weighted by Gasteiger charge is 2.12. The van der Waals surface area contributed by atoms with Gasteiger partial charge in [0, 0.05) is 11.6 Å². The molecule has 0 aromatic heterocycles. The van der Waals surface area contributed by atoms with E-state index in [1.165, 1.54) is 6.08 Å². The van der Waals surface area contributed by atoms with Gasteiger partial charge in [-0.25, -0.2) is 4.79 Å². The molecule has 0 bridgehead atoms. The molecular weight excluding hydrogens is 320 g/mol. The monoisotopic (exact) mass is 338 g/mol. The van der Waals surface area contributed by atoms with Crippen molar-refractivity contribution < 1.29 is 23.8 Å². The van der Waals surface area contributed by atoms with Crippen LogP contribution in [0.3, 0.4) is 0 Å². The second kappa shape index (κ2) is 7.66. The zero-order valence-corrected chi connectivity index (χ0v) is 13.9. The fraction of sp³-hybridized carbons (Fsp3) is 0.200. The van der Waals surface area contributed by atoms with E-state index in [0.717, 1.165) is 17.5 Å². The van der Waals surface area contributed by atoms with Gasteiger partial charge in [0.05, 0.1) is 0 Å². The standard InChI is InChI=1S/C20H18O5/c1-2-14-3-7-16(8-4-14)17(21)12-23-20(22)10-6-15-5-9-18-19(11-15)25-13-24-18/h3-11H,2,12-13H2,1H3/b10-6+. The third-order valence-electron chi connectivity index (χ3n) is 3.84. The number of carbonyl (C=O) groups excluding carboxylic acids is 2. The highest BCUT2D eigenvalue weighted by atomic mass is 16.7. The number of fused-ring (bicyclic) bond motifs is 1. The summed E-state index contributed by atoms with van der Waals surface area (Å²) in [6.07, 6.45) is 3.80. The first-order valence-corrected chi connectivity index (χ1v) is 8.02. The molecule has 25 heavy (non-hydrogen) atoms. The van der Waals surface area contributed by atoms with Crippen LogP contribution in [0.1, 0.15) is 28.4 Å². The molecule has 0 unspecified atom stereocenters. The summed E-state index contributed by atoms with van der Waals surface area (Å²) >= 11 is 0. The molecule has 0 N–H and O–H groups in total. The summed E-state index contributed by atoms with van der Waals surface area (Å²) < 4.78 is 15.5. The molecule has 128 valence electrons. The maximum atomic E-state index is 12.0. The van der Waals surface area contributed by atoms with Crippen molar-refractivity contribution in [2.45, 2.75) is 13.3 Å². The van der Waals surface area contributed by atoms with Gasteiger partial charge in [-0.05, 0) is 35.8 Å². The highest BCUT2D eigenvalue weighted by Crippen LogP contribution is 2.32. The smallest absolute Gasteiger partial charge is 0.331 e. The number of ketones is 1.